The Kier molecular flexibility index (Phi) is 6.02. The molecule has 1 heterocycles. The molecule has 2 aliphatic rings. The van der Waals surface area contributed by atoms with Crippen LogP contribution in [0, 0.1) is 11.8 Å². The van der Waals surface area contributed by atoms with E-state index in [1.165, 1.54) is 0 Å². The van der Waals surface area contributed by atoms with E-state index < -0.39 is 0 Å². The third-order valence-electron chi connectivity index (χ3n) is 5.17. The number of aliphatic hydroxyl groups is 1. The Morgan fingerprint density at radius 3 is 2.76 bits per heavy atom. The molecule has 4 atom stereocenters. The van der Waals surface area contributed by atoms with Gasteiger partial charge in [-0.3, -0.25) is 9.69 Å². The number of hydrogen-bond donors (Lipinski definition) is 2. The molecule has 0 spiro atoms. The quantitative estimate of drug-likeness (QED) is 0.782. The highest BCUT2D eigenvalue weighted by Crippen LogP contribution is 2.33. The molecule has 1 aliphatic carbocycles. The third-order valence-corrected chi connectivity index (χ3v) is 5.17. The Morgan fingerprint density at radius 2 is 2.14 bits per heavy atom. The minimum absolute atomic E-state index is 0.149. The van der Waals surface area contributed by atoms with Crippen LogP contribution in [-0.2, 0) is 4.79 Å². The van der Waals surface area contributed by atoms with Crippen molar-refractivity contribution in [2.45, 2.75) is 51.7 Å². The van der Waals surface area contributed by atoms with E-state index in [0.717, 1.165) is 45.3 Å². The predicted molar refractivity (Wildman–Crippen MR) is 83.8 cm³/mol. The summed E-state index contributed by atoms with van der Waals surface area (Å²) in [5.41, 5.74) is 5.82. The number of hydrogen-bond acceptors (Lipinski definition) is 4. The monoisotopic (exact) mass is 297 g/mol. The highest BCUT2D eigenvalue weighted by atomic mass is 16.3. The minimum atomic E-state index is -0.308. The Morgan fingerprint density at radius 1 is 1.38 bits per heavy atom. The molecule has 1 amide bonds. The first-order valence-corrected chi connectivity index (χ1v) is 8.47. The van der Waals surface area contributed by atoms with Gasteiger partial charge in [-0.1, -0.05) is 13.3 Å². The van der Waals surface area contributed by atoms with Gasteiger partial charge in [-0.2, -0.15) is 0 Å². The second-order valence-electron chi connectivity index (χ2n) is 6.72. The average Bonchev–Trinajstić information content (AvgIpc) is 2.94. The molecule has 2 fully saturated rings. The van der Waals surface area contributed by atoms with Crippen molar-refractivity contribution in [1.29, 1.82) is 0 Å². The molecule has 2 rings (SSSR count). The zero-order chi connectivity index (χ0) is 15.4. The van der Waals surface area contributed by atoms with Gasteiger partial charge >= 0.3 is 0 Å². The van der Waals surface area contributed by atoms with Gasteiger partial charge in [-0.05, 0) is 38.6 Å². The number of nitrogens with two attached hydrogens (primary N) is 1. The number of carbonyl (C=O) groups excluding carboxylic acids is 1. The van der Waals surface area contributed by atoms with Gasteiger partial charge in [0.25, 0.3) is 0 Å². The minimum Gasteiger partial charge on any atom is -0.392 e. The Balaban J connectivity index is 1.95. The van der Waals surface area contributed by atoms with E-state index >= 15 is 0 Å². The van der Waals surface area contributed by atoms with Gasteiger partial charge in [0.15, 0.2) is 0 Å². The molecule has 0 aromatic heterocycles. The van der Waals surface area contributed by atoms with Crippen LogP contribution in [0.5, 0.6) is 0 Å². The highest BCUT2D eigenvalue weighted by molar-refractivity contribution is 5.79. The Hall–Kier alpha value is -0.650. The summed E-state index contributed by atoms with van der Waals surface area (Å²) in [6, 6.07) is 0.370. The van der Waals surface area contributed by atoms with Crippen molar-refractivity contribution < 1.29 is 9.90 Å². The number of aliphatic hydroxyl groups excluding tert-OH is 1. The molecule has 5 heteroatoms. The molecule has 0 aromatic carbocycles. The topological polar surface area (TPSA) is 69.8 Å². The van der Waals surface area contributed by atoms with Crippen molar-refractivity contribution in [2.24, 2.45) is 17.6 Å². The molecule has 122 valence electrons. The third kappa shape index (κ3) is 3.96. The van der Waals surface area contributed by atoms with Crippen LogP contribution in [0.1, 0.15) is 39.5 Å². The van der Waals surface area contributed by atoms with Crippen LogP contribution in [0.2, 0.25) is 0 Å². The first-order chi connectivity index (χ1) is 10.1. The van der Waals surface area contributed by atoms with Crippen molar-refractivity contribution in [1.82, 2.24) is 9.80 Å². The molecule has 1 saturated heterocycles. The van der Waals surface area contributed by atoms with Gasteiger partial charge in [0, 0.05) is 38.1 Å². The predicted octanol–water partition coefficient (Wildman–Crippen LogP) is 0.665. The summed E-state index contributed by atoms with van der Waals surface area (Å²) in [7, 11) is 0. The van der Waals surface area contributed by atoms with E-state index in [-0.39, 0.29) is 12.0 Å². The summed E-state index contributed by atoms with van der Waals surface area (Å²) >= 11 is 0. The number of piperazine rings is 1. The number of carbonyl (C=O) groups is 1. The largest absolute Gasteiger partial charge is 0.392 e. The van der Waals surface area contributed by atoms with Crippen molar-refractivity contribution in [3.63, 3.8) is 0 Å². The van der Waals surface area contributed by atoms with Crippen LogP contribution in [0.4, 0.5) is 0 Å². The summed E-state index contributed by atoms with van der Waals surface area (Å²) in [6.45, 7) is 7.78. The Labute approximate surface area is 128 Å². The summed E-state index contributed by atoms with van der Waals surface area (Å²) in [5.74, 6) is 0.849. The maximum absolute atomic E-state index is 12.8. The van der Waals surface area contributed by atoms with E-state index in [2.05, 4.69) is 11.8 Å². The van der Waals surface area contributed by atoms with E-state index in [1.807, 2.05) is 11.8 Å². The number of rotatable bonds is 5. The van der Waals surface area contributed by atoms with E-state index in [0.29, 0.717) is 31.0 Å². The van der Waals surface area contributed by atoms with Crippen LogP contribution in [0.15, 0.2) is 0 Å². The molecule has 0 radical (unpaired) electrons. The smallest absolute Gasteiger partial charge is 0.226 e. The van der Waals surface area contributed by atoms with Gasteiger partial charge in [-0.25, -0.2) is 0 Å². The fraction of sp³-hybridized carbons (Fsp3) is 0.938. The van der Waals surface area contributed by atoms with Crippen LogP contribution >= 0.6 is 0 Å². The van der Waals surface area contributed by atoms with Crippen LogP contribution in [0.3, 0.4) is 0 Å². The number of amides is 1. The molecule has 2 unspecified atom stereocenters. The normalized spacial score (nSPS) is 32.4. The second kappa shape index (κ2) is 7.56. The second-order valence-corrected chi connectivity index (χ2v) is 6.72. The lowest BCUT2D eigenvalue weighted by atomic mass is 9.94. The Bertz CT molecular complexity index is 348. The van der Waals surface area contributed by atoms with Crippen molar-refractivity contribution in [3.05, 3.63) is 0 Å². The van der Waals surface area contributed by atoms with Gasteiger partial charge in [0.2, 0.25) is 5.91 Å². The fourth-order valence-electron chi connectivity index (χ4n) is 3.94. The fourth-order valence-corrected chi connectivity index (χ4v) is 3.94. The maximum Gasteiger partial charge on any atom is 0.226 e. The molecule has 3 N–H and O–H groups in total. The van der Waals surface area contributed by atoms with E-state index in [4.69, 9.17) is 5.73 Å². The number of β-amino-alcohol motifs (C(OH)–C–C–N with tert-alkyl or cyclic N) is 1. The molecule has 21 heavy (non-hydrogen) atoms. The zero-order valence-electron chi connectivity index (χ0n) is 13.5. The average molecular weight is 297 g/mol. The van der Waals surface area contributed by atoms with Crippen molar-refractivity contribution in [3.8, 4) is 0 Å². The molecule has 1 aliphatic heterocycles. The van der Waals surface area contributed by atoms with Gasteiger partial charge in [0.05, 0.1) is 6.10 Å². The maximum atomic E-state index is 12.8. The lowest BCUT2D eigenvalue weighted by Crippen LogP contribution is -2.57. The first-order valence-electron chi connectivity index (χ1n) is 8.47. The first kappa shape index (κ1) is 16.7. The molecular formula is C16H31N3O2. The molecular weight excluding hydrogens is 266 g/mol. The van der Waals surface area contributed by atoms with E-state index in [9.17, 15) is 9.90 Å². The SMILES string of the molecule is CCC1CN(C(=O)[C@@H]2CCC[C@@H]2CN)CCN1CC(C)O. The summed E-state index contributed by atoms with van der Waals surface area (Å²) in [5, 5.41) is 9.60. The number of nitrogens with zero attached hydrogens (tertiary/aromatic N) is 2. The lowest BCUT2D eigenvalue weighted by molar-refractivity contribution is -0.140. The standard InChI is InChI=1S/C16H31N3O2/c1-3-14-11-19(8-7-18(14)10-12(2)20)16(21)15-6-4-5-13(15)9-17/h12-15,20H,3-11,17H2,1-2H3/t12?,13-,14?,15-/m1/s1. The highest BCUT2D eigenvalue weighted by Gasteiger charge is 2.37. The summed E-state index contributed by atoms with van der Waals surface area (Å²) in [4.78, 5) is 17.1. The van der Waals surface area contributed by atoms with Crippen LogP contribution < -0.4 is 5.73 Å². The van der Waals surface area contributed by atoms with Crippen LogP contribution in [-0.4, -0.2) is 65.7 Å². The van der Waals surface area contributed by atoms with Crippen molar-refractivity contribution >= 4 is 5.91 Å². The van der Waals surface area contributed by atoms with Crippen molar-refractivity contribution in [2.75, 3.05) is 32.7 Å². The summed E-state index contributed by atoms with van der Waals surface area (Å²) in [6.07, 6.45) is 3.95. The van der Waals surface area contributed by atoms with Gasteiger partial charge in [-0.15, -0.1) is 0 Å². The van der Waals surface area contributed by atoms with Gasteiger partial charge in [0.1, 0.15) is 0 Å². The molecule has 5 nitrogen and oxygen atoms in total. The molecule has 1 saturated carbocycles. The van der Waals surface area contributed by atoms with Gasteiger partial charge < -0.3 is 15.7 Å². The summed E-state index contributed by atoms with van der Waals surface area (Å²) < 4.78 is 0. The molecule has 0 bridgehead atoms. The lowest BCUT2D eigenvalue weighted by Gasteiger charge is -2.42. The van der Waals surface area contributed by atoms with E-state index in [1.54, 1.807) is 0 Å². The van der Waals surface area contributed by atoms with Crippen LogP contribution in [0.25, 0.3) is 0 Å². The zero-order valence-corrected chi connectivity index (χ0v) is 13.5. The molecule has 0 aromatic rings.